The molecular weight excluding hydrogens is 180 g/mol. The average molecular weight is 196 g/mol. The van der Waals surface area contributed by atoms with E-state index in [1.54, 1.807) is 0 Å². The van der Waals surface area contributed by atoms with Gasteiger partial charge in [-0.05, 0) is 25.7 Å². The second-order valence-electron chi connectivity index (χ2n) is 4.76. The summed E-state index contributed by atoms with van der Waals surface area (Å²) in [4.78, 5) is 12.0. The van der Waals surface area contributed by atoms with E-state index in [2.05, 4.69) is 0 Å². The van der Waals surface area contributed by atoms with Crippen LogP contribution >= 0.6 is 0 Å². The Bertz CT molecular complexity index is 235. The highest BCUT2D eigenvalue weighted by Crippen LogP contribution is 2.37. The van der Waals surface area contributed by atoms with Gasteiger partial charge in [-0.25, -0.2) is 0 Å². The number of carbonyl (C=O) groups is 1. The number of ether oxygens (including phenoxy) is 2. The van der Waals surface area contributed by atoms with Crippen molar-refractivity contribution in [2.24, 2.45) is 11.8 Å². The number of rotatable bonds is 2. The summed E-state index contributed by atoms with van der Waals surface area (Å²) in [5, 5.41) is 0. The molecule has 0 aromatic carbocycles. The van der Waals surface area contributed by atoms with Crippen molar-refractivity contribution in [3.8, 4) is 0 Å². The topological polar surface area (TPSA) is 35.5 Å². The van der Waals surface area contributed by atoms with Gasteiger partial charge in [-0.1, -0.05) is 0 Å². The molecule has 0 N–H and O–H groups in total. The first-order valence-electron chi connectivity index (χ1n) is 5.60. The molecule has 78 valence electrons. The van der Waals surface area contributed by atoms with Crippen molar-refractivity contribution in [3.63, 3.8) is 0 Å². The molecule has 2 unspecified atom stereocenters. The molecule has 0 aliphatic carbocycles. The summed E-state index contributed by atoms with van der Waals surface area (Å²) in [6.07, 6.45) is 5.01. The van der Waals surface area contributed by atoms with Crippen molar-refractivity contribution < 1.29 is 14.3 Å². The molecule has 2 atom stereocenters. The molecule has 0 aromatic rings. The van der Waals surface area contributed by atoms with E-state index in [1.807, 2.05) is 0 Å². The third-order valence-corrected chi connectivity index (χ3v) is 3.73. The second kappa shape index (κ2) is 3.31. The number of fused-ring (bicyclic) bond motifs is 2. The Hall–Kier alpha value is -0.410. The van der Waals surface area contributed by atoms with E-state index in [9.17, 15) is 4.79 Å². The first-order valence-corrected chi connectivity index (χ1v) is 5.60. The molecule has 3 aliphatic heterocycles. The predicted octanol–water partition coefficient (Wildman–Crippen LogP) is 1.16. The molecule has 0 radical (unpaired) electrons. The lowest BCUT2D eigenvalue weighted by atomic mass is 9.84. The molecule has 3 fully saturated rings. The molecule has 3 aliphatic rings. The fourth-order valence-corrected chi connectivity index (χ4v) is 2.82. The Morgan fingerprint density at radius 2 is 1.64 bits per heavy atom. The number of ketones is 1. The third kappa shape index (κ3) is 1.39. The van der Waals surface area contributed by atoms with E-state index in [1.165, 1.54) is 0 Å². The number of hydrogen-bond acceptors (Lipinski definition) is 3. The number of hydrogen-bond donors (Lipinski definition) is 0. The molecule has 3 heteroatoms. The van der Waals surface area contributed by atoms with Gasteiger partial charge in [0, 0.05) is 5.92 Å². The van der Waals surface area contributed by atoms with Crippen LogP contribution in [0, 0.1) is 11.8 Å². The Morgan fingerprint density at radius 3 is 2.14 bits per heavy atom. The lowest BCUT2D eigenvalue weighted by molar-refractivity contribution is -0.146. The van der Waals surface area contributed by atoms with E-state index in [-0.39, 0.29) is 11.8 Å². The van der Waals surface area contributed by atoms with Gasteiger partial charge in [0.15, 0.2) is 0 Å². The zero-order valence-electron chi connectivity index (χ0n) is 8.28. The fraction of sp³-hybridized carbons (Fsp3) is 0.909. The number of Topliss-reactive ketones (excluding diaryl/α,β-unsaturated/α-hetero) is 1. The van der Waals surface area contributed by atoms with Gasteiger partial charge in [-0.2, -0.15) is 0 Å². The van der Waals surface area contributed by atoms with Crippen molar-refractivity contribution >= 4 is 5.78 Å². The Labute approximate surface area is 83.8 Å². The van der Waals surface area contributed by atoms with Gasteiger partial charge in [0.1, 0.15) is 5.78 Å². The Kier molecular flexibility index (Phi) is 2.10. The quantitative estimate of drug-likeness (QED) is 0.664. The maximum Gasteiger partial charge on any atom is 0.143 e. The molecule has 14 heavy (non-hydrogen) atoms. The molecule has 3 nitrogen and oxygen atoms in total. The van der Waals surface area contributed by atoms with Crippen molar-refractivity contribution in [1.29, 1.82) is 0 Å². The minimum Gasteiger partial charge on any atom is -0.380 e. The largest absolute Gasteiger partial charge is 0.380 e. The summed E-state index contributed by atoms with van der Waals surface area (Å²) in [5.74, 6) is 0.920. The minimum atomic E-state index is 0.206. The van der Waals surface area contributed by atoms with Crippen LogP contribution in [0.4, 0.5) is 0 Å². The maximum absolute atomic E-state index is 12.0. The lowest BCUT2D eigenvalue weighted by Crippen LogP contribution is -2.41. The number of carbonyl (C=O) groups excluding carboxylic acids is 1. The summed E-state index contributed by atoms with van der Waals surface area (Å²) in [5.41, 5.74) is 0. The SMILES string of the molecule is O=C(C1COC1)C1CC2CCC(C1)O2. The first-order chi connectivity index (χ1) is 6.83. The molecule has 0 spiro atoms. The summed E-state index contributed by atoms with van der Waals surface area (Å²) in [6, 6.07) is 0. The standard InChI is InChI=1S/C11H16O3/c12-11(8-5-13-6-8)7-3-9-1-2-10(4-7)14-9/h7-10H,1-6H2. The van der Waals surface area contributed by atoms with Crippen LogP contribution in [0.2, 0.25) is 0 Å². The van der Waals surface area contributed by atoms with Gasteiger partial charge in [0.2, 0.25) is 0 Å². The molecule has 3 heterocycles. The highest BCUT2D eigenvalue weighted by Gasteiger charge is 2.41. The lowest BCUT2D eigenvalue weighted by Gasteiger charge is -2.32. The van der Waals surface area contributed by atoms with E-state index in [4.69, 9.17) is 9.47 Å². The van der Waals surface area contributed by atoms with Gasteiger partial charge in [0.25, 0.3) is 0 Å². The zero-order valence-corrected chi connectivity index (χ0v) is 8.28. The Morgan fingerprint density at radius 1 is 1.00 bits per heavy atom. The van der Waals surface area contributed by atoms with Crippen LogP contribution in [0.25, 0.3) is 0 Å². The summed E-state index contributed by atoms with van der Waals surface area (Å²) >= 11 is 0. The van der Waals surface area contributed by atoms with Crippen molar-refractivity contribution in [2.75, 3.05) is 13.2 Å². The third-order valence-electron chi connectivity index (χ3n) is 3.73. The van der Waals surface area contributed by atoms with E-state index >= 15 is 0 Å². The van der Waals surface area contributed by atoms with Crippen LogP contribution < -0.4 is 0 Å². The van der Waals surface area contributed by atoms with Gasteiger partial charge < -0.3 is 9.47 Å². The molecule has 0 amide bonds. The molecule has 0 saturated carbocycles. The van der Waals surface area contributed by atoms with Gasteiger partial charge >= 0.3 is 0 Å². The summed E-state index contributed by atoms with van der Waals surface area (Å²) < 4.78 is 10.8. The van der Waals surface area contributed by atoms with E-state index < -0.39 is 0 Å². The van der Waals surface area contributed by atoms with Crippen molar-refractivity contribution in [1.82, 2.24) is 0 Å². The molecule has 2 bridgehead atoms. The van der Waals surface area contributed by atoms with Crippen LogP contribution in [0.3, 0.4) is 0 Å². The highest BCUT2D eigenvalue weighted by atomic mass is 16.5. The van der Waals surface area contributed by atoms with Crippen LogP contribution in [0.5, 0.6) is 0 Å². The maximum atomic E-state index is 12.0. The van der Waals surface area contributed by atoms with Crippen LogP contribution in [0.15, 0.2) is 0 Å². The monoisotopic (exact) mass is 196 g/mol. The minimum absolute atomic E-state index is 0.206. The smallest absolute Gasteiger partial charge is 0.143 e. The summed E-state index contributed by atoms with van der Waals surface area (Å²) in [6.45, 7) is 1.32. The van der Waals surface area contributed by atoms with Crippen LogP contribution in [0.1, 0.15) is 25.7 Å². The van der Waals surface area contributed by atoms with Gasteiger partial charge in [0.05, 0.1) is 31.3 Å². The Balaban J connectivity index is 1.64. The zero-order chi connectivity index (χ0) is 9.54. The van der Waals surface area contributed by atoms with E-state index in [0.717, 1.165) is 25.7 Å². The highest BCUT2D eigenvalue weighted by molar-refractivity contribution is 5.84. The van der Waals surface area contributed by atoms with Gasteiger partial charge in [-0.3, -0.25) is 4.79 Å². The molecule has 0 aromatic heterocycles. The summed E-state index contributed by atoms with van der Waals surface area (Å²) in [7, 11) is 0. The predicted molar refractivity (Wildman–Crippen MR) is 49.9 cm³/mol. The van der Waals surface area contributed by atoms with E-state index in [0.29, 0.717) is 31.2 Å². The average Bonchev–Trinajstić information content (AvgIpc) is 2.42. The molecule has 3 saturated heterocycles. The normalized spacial score (nSPS) is 42.1. The molecular formula is C11H16O3. The fourth-order valence-electron chi connectivity index (χ4n) is 2.82. The first kappa shape index (κ1) is 8.86. The molecule has 3 rings (SSSR count). The second-order valence-corrected chi connectivity index (χ2v) is 4.76. The van der Waals surface area contributed by atoms with Crippen molar-refractivity contribution in [2.45, 2.75) is 37.9 Å². The van der Waals surface area contributed by atoms with Crippen molar-refractivity contribution in [3.05, 3.63) is 0 Å². The van der Waals surface area contributed by atoms with Crippen LogP contribution in [-0.2, 0) is 14.3 Å². The van der Waals surface area contributed by atoms with Crippen LogP contribution in [-0.4, -0.2) is 31.2 Å². The van der Waals surface area contributed by atoms with Gasteiger partial charge in [-0.15, -0.1) is 0 Å².